The lowest BCUT2D eigenvalue weighted by molar-refractivity contribution is 0.102. The number of hydrogen-bond donors (Lipinski definition) is 0. The van der Waals surface area contributed by atoms with Gasteiger partial charge in [0, 0.05) is 89.3 Å². The van der Waals surface area contributed by atoms with Crippen molar-refractivity contribution in [2.24, 2.45) is 0 Å². The normalized spacial score (nSPS) is 12.4. The summed E-state index contributed by atoms with van der Waals surface area (Å²) in [7, 11) is 0. The van der Waals surface area contributed by atoms with Crippen LogP contribution in [-0.4, -0.2) is 20.7 Å². The van der Waals surface area contributed by atoms with Gasteiger partial charge < -0.3 is 18.9 Å². The molecule has 6 heteroatoms. The Morgan fingerprint density at radius 2 is 0.743 bits per heavy atom. The number of ketones is 2. The summed E-state index contributed by atoms with van der Waals surface area (Å²) < 4.78 is 4.48. The topological polar surface area (TPSA) is 50.5 Å². The average molecular weight is 953 g/mol. The quantitative estimate of drug-likeness (QED) is 0.115. The molecule has 0 saturated heterocycles. The average Bonchev–Trinajstić information content (AvgIpc) is 3.99. The molecular formula is C68H48N4O2. The van der Waals surface area contributed by atoms with Crippen LogP contribution in [0, 0.1) is 0 Å². The molecule has 0 spiro atoms. The molecule has 2 heterocycles. The summed E-state index contributed by atoms with van der Waals surface area (Å²) in [6.45, 7) is 0. The van der Waals surface area contributed by atoms with Crippen LogP contribution in [0.3, 0.4) is 0 Å². The largest absolute Gasteiger partial charge is 0.311 e. The van der Waals surface area contributed by atoms with Crippen LogP contribution >= 0.6 is 0 Å². The van der Waals surface area contributed by atoms with Gasteiger partial charge in [0.05, 0.1) is 22.1 Å². The molecule has 74 heavy (non-hydrogen) atoms. The molecule has 12 aromatic rings. The third kappa shape index (κ3) is 7.86. The highest BCUT2D eigenvalue weighted by Gasteiger charge is 2.22. The van der Waals surface area contributed by atoms with Gasteiger partial charge in [0.25, 0.3) is 0 Å². The first-order valence-electron chi connectivity index (χ1n) is 25.1. The lowest BCUT2D eigenvalue weighted by Gasteiger charge is -2.27. The minimum Gasteiger partial charge on any atom is -0.311 e. The van der Waals surface area contributed by atoms with Crippen molar-refractivity contribution in [2.45, 2.75) is 12.8 Å². The molecule has 6 nitrogen and oxygen atoms in total. The molecule has 0 radical (unpaired) electrons. The van der Waals surface area contributed by atoms with Crippen LogP contribution in [0.5, 0.6) is 0 Å². The second-order valence-corrected chi connectivity index (χ2v) is 18.7. The molecule has 0 saturated carbocycles. The number of carbonyl (C=O) groups is 2. The molecule has 0 aliphatic heterocycles. The van der Waals surface area contributed by atoms with Crippen molar-refractivity contribution in [3.63, 3.8) is 0 Å². The maximum Gasteiger partial charge on any atom is 0.193 e. The zero-order valence-corrected chi connectivity index (χ0v) is 40.4. The molecule has 0 amide bonds. The Bertz CT molecular complexity index is 4130. The monoisotopic (exact) mass is 952 g/mol. The van der Waals surface area contributed by atoms with E-state index in [0.717, 1.165) is 102 Å². The second kappa shape index (κ2) is 18.8. The van der Waals surface area contributed by atoms with Gasteiger partial charge in [-0.25, -0.2) is 0 Å². The Morgan fingerprint density at radius 1 is 0.324 bits per heavy atom. The molecule has 0 unspecified atom stereocenters. The number of para-hydroxylation sites is 5. The van der Waals surface area contributed by atoms with E-state index in [9.17, 15) is 9.59 Å². The molecule has 0 atom stereocenters. The Balaban J connectivity index is 0.795. The standard InChI is InChI=1S/C68H48N4O2/c73-67(49-19-17-29-55(43-49)71-63-33-15-13-31-59(63)61-45-57(39-41-65(61)71)69(51-21-5-1-6-22-51)52-23-7-2-8-24-52)47-35-37-48(38-36-47)68(74)50-20-18-30-56(44-50)72-64-34-16-14-32-60(64)62-46-58(40-42-66(62)72)70(53-25-9-3-10-26-53)54-27-11-4-12-28-54/h1-3,5-11,13-46H,4,12H2. The number of rotatable bonds is 12. The molecule has 0 fully saturated rings. The smallest absolute Gasteiger partial charge is 0.193 e. The minimum absolute atomic E-state index is 0.117. The fourth-order valence-corrected chi connectivity index (χ4v) is 10.8. The van der Waals surface area contributed by atoms with Crippen LogP contribution in [0.15, 0.2) is 273 Å². The number of allylic oxidation sites excluding steroid dienone is 3. The second-order valence-electron chi connectivity index (χ2n) is 18.7. The van der Waals surface area contributed by atoms with Gasteiger partial charge in [0.2, 0.25) is 0 Å². The highest BCUT2D eigenvalue weighted by molar-refractivity contribution is 6.14. The first-order chi connectivity index (χ1) is 36.6. The van der Waals surface area contributed by atoms with Crippen LogP contribution in [0.4, 0.5) is 28.4 Å². The van der Waals surface area contributed by atoms with Crippen molar-refractivity contribution < 1.29 is 9.59 Å². The zero-order valence-electron chi connectivity index (χ0n) is 40.4. The van der Waals surface area contributed by atoms with E-state index in [-0.39, 0.29) is 11.6 Å². The van der Waals surface area contributed by atoms with E-state index in [1.807, 2.05) is 48.5 Å². The molecule has 13 rings (SSSR count). The van der Waals surface area contributed by atoms with E-state index >= 15 is 0 Å². The van der Waals surface area contributed by atoms with Crippen molar-refractivity contribution in [1.29, 1.82) is 0 Å². The molecular weight excluding hydrogens is 905 g/mol. The third-order valence-electron chi connectivity index (χ3n) is 14.2. The summed E-state index contributed by atoms with van der Waals surface area (Å²) in [6.07, 6.45) is 8.81. The number of benzene rings is 10. The fraction of sp³-hybridized carbons (Fsp3) is 0.0294. The number of fused-ring (bicyclic) bond motifs is 6. The molecule has 2 aromatic heterocycles. The fourth-order valence-electron chi connectivity index (χ4n) is 10.8. The number of carbonyl (C=O) groups excluding carboxylic acids is 2. The minimum atomic E-state index is -0.120. The van der Waals surface area contributed by atoms with Gasteiger partial charge in [-0.3, -0.25) is 9.59 Å². The van der Waals surface area contributed by atoms with E-state index in [4.69, 9.17) is 0 Å². The van der Waals surface area contributed by atoms with Crippen molar-refractivity contribution in [2.75, 3.05) is 9.80 Å². The Hall–Kier alpha value is -9.78. The highest BCUT2D eigenvalue weighted by Crippen LogP contribution is 2.41. The third-order valence-corrected chi connectivity index (χ3v) is 14.2. The van der Waals surface area contributed by atoms with Crippen LogP contribution in [0.2, 0.25) is 0 Å². The maximum atomic E-state index is 14.3. The van der Waals surface area contributed by atoms with Gasteiger partial charge >= 0.3 is 0 Å². The summed E-state index contributed by atoms with van der Waals surface area (Å²) in [5, 5.41) is 4.49. The summed E-state index contributed by atoms with van der Waals surface area (Å²) in [4.78, 5) is 33.3. The van der Waals surface area contributed by atoms with E-state index in [2.05, 4.69) is 213 Å². The van der Waals surface area contributed by atoms with Crippen LogP contribution < -0.4 is 9.80 Å². The number of nitrogens with zero attached hydrogens (tertiary/aromatic N) is 4. The van der Waals surface area contributed by atoms with Gasteiger partial charge in [0.1, 0.15) is 0 Å². The molecule has 0 bridgehead atoms. The van der Waals surface area contributed by atoms with E-state index in [1.165, 1.54) is 0 Å². The van der Waals surface area contributed by atoms with Gasteiger partial charge in [-0.05, 0) is 128 Å². The molecule has 10 aromatic carbocycles. The van der Waals surface area contributed by atoms with E-state index in [1.54, 1.807) is 24.3 Å². The van der Waals surface area contributed by atoms with Crippen molar-refractivity contribution >= 4 is 83.6 Å². The molecule has 1 aliphatic carbocycles. The van der Waals surface area contributed by atoms with Crippen LogP contribution in [0.1, 0.15) is 44.7 Å². The summed E-state index contributed by atoms with van der Waals surface area (Å²) >= 11 is 0. The summed E-state index contributed by atoms with van der Waals surface area (Å²) in [5.74, 6) is -0.237. The van der Waals surface area contributed by atoms with Crippen molar-refractivity contribution in [3.05, 3.63) is 295 Å². The number of aromatic nitrogens is 2. The SMILES string of the molecule is O=C(c1ccc(C(=O)c2cccc(-n3c4ccccc4c4cc(N(c5ccccc5)c5ccccc5)ccc43)c2)cc1)c1cccc(-n2c3ccccc3c3cc(N(C4=CCCC=C4)c4ccccc4)ccc32)c1. The van der Waals surface area contributed by atoms with Crippen LogP contribution in [-0.2, 0) is 0 Å². The predicted octanol–water partition coefficient (Wildman–Crippen LogP) is 17.2. The first-order valence-corrected chi connectivity index (χ1v) is 25.1. The Kier molecular flexibility index (Phi) is 11.2. The van der Waals surface area contributed by atoms with Gasteiger partial charge in [-0.15, -0.1) is 0 Å². The molecule has 352 valence electrons. The molecule has 0 N–H and O–H groups in total. The van der Waals surface area contributed by atoms with Gasteiger partial charge in [0.15, 0.2) is 11.6 Å². The number of anilines is 5. The van der Waals surface area contributed by atoms with Gasteiger partial charge in [-0.1, -0.05) is 152 Å². The molecule has 1 aliphatic rings. The lowest BCUT2D eigenvalue weighted by atomic mass is 9.98. The van der Waals surface area contributed by atoms with E-state index in [0.29, 0.717) is 22.3 Å². The summed E-state index contributed by atoms with van der Waals surface area (Å²) in [6, 6.07) is 84.2. The predicted molar refractivity (Wildman–Crippen MR) is 305 cm³/mol. The van der Waals surface area contributed by atoms with Crippen molar-refractivity contribution in [1.82, 2.24) is 9.13 Å². The Morgan fingerprint density at radius 3 is 1.20 bits per heavy atom. The van der Waals surface area contributed by atoms with Crippen molar-refractivity contribution in [3.8, 4) is 11.4 Å². The summed E-state index contributed by atoms with van der Waals surface area (Å²) in [5.41, 5.74) is 14.6. The number of hydrogen-bond acceptors (Lipinski definition) is 4. The lowest BCUT2D eigenvalue weighted by Crippen LogP contribution is -2.16. The maximum absolute atomic E-state index is 14.3. The zero-order chi connectivity index (χ0) is 49.5. The van der Waals surface area contributed by atoms with E-state index < -0.39 is 0 Å². The Labute approximate surface area is 429 Å². The highest BCUT2D eigenvalue weighted by atomic mass is 16.1. The van der Waals surface area contributed by atoms with Gasteiger partial charge in [-0.2, -0.15) is 0 Å². The van der Waals surface area contributed by atoms with Crippen LogP contribution in [0.25, 0.3) is 55.0 Å². The first kappa shape index (κ1) is 44.2.